The van der Waals surface area contributed by atoms with Gasteiger partial charge >= 0.3 is 0 Å². The number of pyridine rings is 1. The zero-order chi connectivity index (χ0) is 22.7. The number of anilines is 2. The van der Waals surface area contributed by atoms with Gasteiger partial charge in [-0.25, -0.2) is 4.98 Å². The summed E-state index contributed by atoms with van der Waals surface area (Å²) in [6.45, 7) is 3.56. The summed E-state index contributed by atoms with van der Waals surface area (Å²) in [5.41, 5.74) is 3.17. The van der Waals surface area contributed by atoms with E-state index >= 15 is 0 Å². The van der Waals surface area contributed by atoms with Crippen molar-refractivity contribution in [1.82, 2.24) is 9.88 Å². The summed E-state index contributed by atoms with van der Waals surface area (Å²) in [6, 6.07) is 16.1. The first-order chi connectivity index (χ1) is 15.4. The van der Waals surface area contributed by atoms with Gasteiger partial charge in [-0.15, -0.1) is 0 Å². The lowest BCUT2D eigenvalue weighted by Crippen LogP contribution is -2.23. The Morgan fingerprint density at radius 3 is 2.44 bits per heavy atom. The van der Waals surface area contributed by atoms with Gasteiger partial charge in [0.25, 0.3) is 11.8 Å². The van der Waals surface area contributed by atoms with Crippen LogP contribution in [-0.4, -0.2) is 47.7 Å². The van der Waals surface area contributed by atoms with E-state index in [9.17, 15) is 9.59 Å². The monoisotopic (exact) mass is 491 g/mol. The Labute approximate surface area is 194 Å². The molecule has 0 atom stereocenters. The molecule has 0 fully saturated rings. The number of rotatable bonds is 5. The van der Waals surface area contributed by atoms with Gasteiger partial charge in [-0.2, -0.15) is 0 Å². The number of halogens is 1. The Morgan fingerprint density at radius 2 is 1.78 bits per heavy atom. The molecular formula is C24H22BrN5O2. The van der Waals surface area contributed by atoms with Gasteiger partial charge in [0.05, 0.1) is 17.8 Å². The predicted octanol–water partition coefficient (Wildman–Crippen LogP) is 4.35. The van der Waals surface area contributed by atoms with Crippen molar-refractivity contribution >= 4 is 45.1 Å². The molecule has 0 spiro atoms. The van der Waals surface area contributed by atoms with E-state index in [1.165, 1.54) is 0 Å². The fourth-order valence-corrected chi connectivity index (χ4v) is 3.63. The van der Waals surface area contributed by atoms with Crippen LogP contribution in [0.2, 0.25) is 0 Å². The number of carbonyl (C=O) groups is 2. The molecule has 2 N–H and O–H groups in total. The van der Waals surface area contributed by atoms with Gasteiger partial charge < -0.3 is 15.5 Å². The van der Waals surface area contributed by atoms with Gasteiger partial charge in [0.1, 0.15) is 11.7 Å². The first-order valence-electron chi connectivity index (χ1n) is 10.1. The number of aromatic nitrogens is 1. The number of aliphatic imine (C=N–C) groups is 1. The van der Waals surface area contributed by atoms with Crippen molar-refractivity contribution in [3.05, 3.63) is 87.5 Å². The SMILES string of the molecule is Cc1ccc(NC(=O)c2ccc(C3=NCCN3C)cc2)c(C(=O)Nc2ccc(Br)cn2)c1. The summed E-state index contributed by atoms with van der Waals surface area (Å²) >= 11 is 3.32. The lowest BCUT2D eigenvalue weighted by atomic mass is 10.1. The molecule has 0 radical (unpaired) electrons. The largest absolute Gasteiger partial charge is 0.358 e. The van der Waals surface area contributed by atoms with Crippen LogP contribution in [0.15, 0.2) is 70.3 Å². The number of carbonyl (C=O) groups excluding carboxylic acids is 2. The summed E-state index contributed by atoms with van der Waals surface area (Å²) in [5, 5.41) is 5.63. The Kier molecular flexibility index (Phi) is 6.32. The van der Waals surface area contributed by atoms with Crippen LogP contribution < -0.4 is 10.6 Å². The Balaban J connectivity index is 1.52. The van der Waals surface area contributed by atoms with Crippen LogP contribution in [0.25, 0.3) is 0 Å². The lowest BCUT2D eigenvalue weighted by molar-refractivity contribution is 0.102. The number of aryl methyl sites for hydroxylation is 1. The highest BCUT2D eigenvalue weighted by Gasteiger charge is 2.17. The quantitative estimate of drug-likeness (QED) is 0.555. The Hall–Kier alpha value is -3.52. The number of benzene rings is 2. The number of amides is 2. The number of nitrogens with one attached hydrogen (secondary N) is 2. The third-order valence-corrected chi connectivity index (χ3v) is 5.57. The molecule has 8 heteroatoms. The van der Waals surface area contributed by atoms with Gasteiger partial charge in [-0.3, -0.25) is 14.6 Å². The van der Waals surface area contributed by atoms with Gasteiger partial charge in [-0.1, -0.05) is 23.8 Å². The zero-order valence-corrected chi connectivity index (χ0v) is 19.3. The number of nitrogens with zero attached hydrogens (tertiary/aromatic N) is 3. The van der Waals surface area contributed by atoms with Crippen molar-refractivity contribution in [2.75, 3.05) is 30.8 Å². The Morgan fingerprint density at radius 1 is 1.00 bits per heavy atom. The molecule has 0 unspecified atom stereocenters. The van der Waals surface area contributed by atoms with Gasteiger partial charge in [-0.05, 0) is 59.3 Å². The molecular weight excluding hydrogens is 470 g/mol. The van der Waals surface area contributed by atoms with E-state index < -0.39 is 0 Å². The maximum atomic E-state index is 12.9. The molecule has 0 saturated carbocycles. The molecule has 3 aromatic rings. The minimum Gasteiger partial charge on any atom is -0.358 e. The van der Waals surface area contributed by atoms with Crippen LogP contribution in [0, 0.1) is 6.92 Å². The van der Waals surface area contributed by atoms with Crippen LogP contribution in [0.5, 0.6) is 0 Å². The molecule has 1 aliphatic heterocycles. The van der Waals surface area contributed by atoms with Crippen molar-refractivity contribution in [2.24, 2.45) is 4.99 Å². The second kappa shape index (κ2) is 9.32. The van der Waals surface area contributed by atoms with E-state index in [1.54, 1.807) is 42.6 Å². The van der Waals surface area contributed by atoms with E-state index in [4.69, 9.17) is 0 Å². The van der Waals surface area contributed by atoms with E-state index in [0.717, 1.165) is 34.5 Å². The second-order valence-electron chi connectivity index (χ2n) is 7.52. The van der Waals surface area contributed by atoms with Crippen LogP contribution in [0.1, 0.15) is 31.8 Å². The minimum atomic E-state index is -0.351. The van der Waals surface area contributed by atoms with E-state index in [1.807, 2.05) is 32.2 Å². The maximum Gasteiger partial charge on any atom is 0.258 e. The molecule has 32 heavy (non-hydrogen) atoms. The van der Waals surface area contributed by atoms with E-state index in [0.29, 0.717) is 22.6 Å². The number of hydrogen-bond acceptors (Lipinski definition) is 5. The minimum absolute atomic E-state index is 0.294. The van der Waals surface area contributed by atoms with Gasteiger partial charge in [0, 0.05) is 35.4 Å². The first-order valence-corrected chi connectivity index (χ1v) is 10.9. The molecule has 4 rings (SSSR count). The number of likely N-dealkylation sites (N-methyl/N-ethyl adjacent to an activating group) is 1. The molecule has 1 aliphatic rings. The molecule has 1 aromatic heterocycles. The standard InChI is InChI=1S/C24H22BrN5O2/c1-15-3-9-20(19(13-15)24(32)29-21-10-8-18(25)14-27-21)28-23(31)17-6-4-16(5-7-17)22-26-11-12-30(22)2/h3-10,13-14H,11-12H2,1-2H3,(H,28,31)(H,27,29,32). The molecule has 0 aliphatic carbocycles. The molecule has 2 amide bonds. The third kappa shape index (κ3) is 4.86. The van der Waals surface area contributed by atoms with E-state index in [-0.39, 0.29) is 11.8 Å². The van der Waals surface area contributed by atoms with Crippen molar-refractivity contribution in [2.45, 2.75) is 6.92 Å². The average Bonchev–Trinajstić information content (AvgIpc) is 3.22. The Bertz CT molecular complexity index is 1190. The molecule has 0 saturated heterocycles. The van der Waals surface area contributed by atoms with Gasteiger partial charge in [0.2, 0.25) is 0 Å². The summed E-state index contributed by atoms with van der Waals surface area (Å²) in [6.07, 6.45) is 1.60. The maximum absolute atomic E-state index is 12.9. The highest BCUT2D eigenvalue weighted by atomic mass is 79.9. The topological polar surface area (TPSA) is 86.7 Å². The van der Waals surface area contributed by atoms with Gasteiger partial charge in [0.15, 0.2) is 0 Å². The summed E-state index contributed by atoms with van der Waals surface area (Å²) in [4.78, 5) is 36.5. The number of hydrogen-bond donors (Lipinski definition) is 2. The van der Waals surface area contributed by atoms with Crippen molar-refractivity contribution in [3.8, 4) is 0 Å². The molecule has 2 aromatic carbocycles. The molecule has 0 bridgehead atoms. The fraction of sp³-hybridized carbons (Fsp3) is 0.167. The van der Waals surface area contributed by atoms with E-state index in [2.05, 4.69) is 41.4 Å². The first kappa shape index (κ1) is 21.7. The van der Waals surface area contributed by atoms with Crippen LogP contribution in [-0.2, 0) is 0 Å². The van der Waals surface area contributed by atoms with Crippen LogP contribution >= 0.6 is 15.9 Å². The molecule has 2 heterocycles. The molecule has 7 nitrogen and oxygen atoms in total. The summed E-state index contributed by atoms with van der Waals surface area (Å²) in [7, 11) is 2.00. The lowest BCUT2D eigenvalue weighted by Gasteiger charge is -2.14. The summed E-state index contributed by atoms with van der Waals surface area (Å²) in [5.74, 6) is 0.706. The van der Waals surface area contributed by atoms with Crippen molar-refractivity contribution in [3.63, 3.8) is 0 Å². The zero-order valence-electron chi connectivity index (χ0n) is 17.7. The summed E-state index contributed by atoms with van der Waals surface area (Å²) < 4.78 is 0.816. The average molecular weight is 492 g/mol. The normalized spacial score (nSPS) is 13.0. The van der Waals surface area contributed by atoms with Crippen LogP contribution in [0.4, 0.5) is 11.5 Å². The van der Waals surface area contributed by atoms with Crippen molar-refractivity contribution < 1.29 is 9.59 Å². The molecule has 162 valence electrons. The highest BCUT2D eigenvalue weighted by Crippen LogP contribution is 2.21. The number of amidine groups is 1. The fourth-order valence-electron chi connectivity index (χ4n) is 3.40. The third-order valence-electron chi connectivity index (χ3n) is 5.10. The predicted molar refractivity (Wildman–Crippen MR) is 129 cm³/mol. The highest BCUT2D eigenvalue weighted by molar-refractivity contribution is 9.10. The van der Waals surface area contributed by atoms with Crippen molar-refractivity contribution in [1.29, 1.82) is 0 Å². The smallest absolute Gasteiger partial charge is 0.258 e. The second-order valence-corrected chi connectivity index (χ2v) is 8.44. The van der Waals surface area contributed by atoms with Crippen LogP contribution in [0.3, 0.4) is 0 Å².